The second-order valence-electron chi connectivity index (χ2n) is 6.60. The van der Waals surface area contributed by atoms with E-state index in [1.54, 1.807) is 48.5 Å². The van der Waals surface area contributed by atoms with E-state index >= 15 is 0 Å². The third kappa shape index (κ3) is 3.30. The number of aromatic nitrogens is 2. The number of nitrogens with zero attached hydrogens (tertiary/aromatic N) is 3. The Bertz CT molecular complexity index is 1350. The minimum atomic E-state index is -0.708. The van der Waals surface area contributed by atoms with Gasteiger partial charge in [0.15, 0.2) is 11.4 Å². The number of pyridine rings is 2. The number of para-hydroxylation sites is 1. The standard InChI is InChI=1S/C22H15N3O5/c26-18(13-14-6-4-9-16(12-14)25(29)30)19-20(27)17-10-5-11-23-21(17)24(22(19)28)15-7-2-1-3-8-15/h1-12,27H,13H2. The summed E-state index contributed by atoms with van der Waals surface area (Å²) in [4.78, 5) is 40.9. The Kier molecular flexibility index (Phi) is 4.81. The molecule has 148 valence electrons. The first-order chi connectivity index (χ1) is 14.5. The summed E-state index contributed by atoms with van der Waals surface area (Å²) in [6, 6.07) is 17.4. The molecule has 0 aliphatic heterocycles. The van der Waals surface area contributed by atoms with Crippen molar-refractivity contribution in [1.29, 1.82) is 0 Å². The summed E-state index contributed by atoms with van der Waals surface area (Å²) in [7, 11) is 0. The predicted octanol–water partition coefficient (Wildman–Crippen LogP) is 3.42. The second-order valence-corrected chi connectivity index (χ2v) is 6.60. The van der Waals surface area contributed by atoms with Gasteiger partial charge in [0.2, 0.25) is 0 Å². The molecule has 0 unspecified atom stereocenters. The van der Waals surface area contributed by atoms with Crippen molar-refractivity contribution in [2.75, 3.05) is 0 Å². The second kappa shape index (κ2) is 7.59. The fourth-order valence-electron chi connectivity index (χ4n) is 3.33. The predicted molar refractivity (Wildman–Crippen MR) is 110 cm³/mol. The lowest BCUT2D eigenvalue weighted by molar-refractivity contribution is -0.384. The number of benzene rings is 2. The van der Waals surface area contributed by atoms with Gasteiger partial charge in [-0.1, -0.05) is 30.3 Å². The van der Waals surface area contributed by atoms with Gasteiger partial charge < -0.3 is 5.11 Å². The number of nitro benzene ring substituents is 1. The molecule has 0 bridgehead atoms. The summed E-state index contributed by atoms with van der Waals surface area (Å²) in [6.07, 6.45) is 1.22. The Labute approximate surface area is 169 Å². The molecule has 8 heteroatoms. The fraction of sp³-hybridized carbons (Fsp3) is 0.0455. The topological polar surface area (TPSA) is 115 Å². The van der Waals surface area contributed by atoms with E-state index in [0.29, 0.717) is 11.3 Å². The Morgan fingerprint density at radius 2 is 1.83 bits per heavy atom. The minimum Gasteiger partial charge on any atom is -0.506 e. The van der Waals surface area contributed by atoms with Gasteiger partial charge >= 0.3 is 0 Å². The number of hydrogen-bond acceptors (Lipinski definition) is 6. The van der Waals surface area contributed by atoms with Crippen LogP contribution < -0.4 is 5.56 Å². The molecule has 0 spiro atoms. The molecule has 2 aromatic heterocycles. The van der Waals surface area contributed by atoms with Gasteiger partial charge in [-0.3, -0.25) is 24.3 Å². The molecule has 0 radical (unpaired) electrons. The van der Waals surface area contributed by atoms with Crippen LogP contribution in [0.1, 0.15) is 15.9 Å². The number of rotatable bonds is 5. The highest BCUT2D eigenvalue weighted by Gasteiger charge is 2.24. The molecule has 2 aromatic carbocycles. The average molecular weight is 401 g/mol. The van der Waals surface area contributed by atoms with Gasteiger partial charge in [-0.25, -0.2) is 4.98 Å². The van der Waals surface area contributed by atoms with Crippen molar-refractivity contribution in [3.63, 3.8) is 0 Å². The number of carbonyl (C=O) groups is 1. The van der Waals surface area contributed by atoms with E-state index < -0.39 is 22.0 Å². The van der Waals surface area contributed by atoms with Gasteiger partial charge in [-0.2, -0.15) is 0 Å². The first kappa shape index (κ1) is 19.0. The maximum atomic E-state index is 13.2. The molecule has 8 nitrogen and oxygen atoms in total. The molecule has 0 fully saturated rings. The molecule has 4 rings (SSSR count). The number of carbonyl (C=O) groups excluding carboxylic acids is 1. The summed E-state index contributed by atoms with van der Waals surface area (Å²) in [5.41, 5.74) is -0.167. The smallest absolute Gasteiger partial charge is 0.271 e. The summed E-state index contributed by atoms with van der Waals surface area (Å²) >= 11 is 0. The maximum absolute atomic E-state index is 13.2. The average Bonchev–Trinajstić information content (AvgIpc) is 2.75. The zero-order valence-electron chi connectivity index (χ0n) is 15.6. The lowest BCUT2D eigenvalue weighted by Crippen LogP contribution is -2.27. The molecular formula is C22H15N3O5. The third-order valence-electron chi connectivity index (χ3n) is 4.69. The van der Waals surface area contributed by atoms with Crippen molar-refractivity contribution in [2.24, 2.45) is 0 Å². The highest BCUT2D eigenvalue weighted by atomic mass is 16.6. The molecular weight excluding hydrogens is 386 g/mol. The monoisotopic (exact) mass is 401 g/mol. The zero-order valence-corrected chi connectivity index (χ0v) is 15.6. The van der Waals surface area contributed by atoms with Crippen molar-refractivity contribution < 1.29 is 14.8 Å². The summed E-state index contributed by atoms with van der Waals surface area (Å²) in [5, 5.41) is 21.9. The number of non-ortho nitro benzene ring substituents is 1. The van der Waals surface area contributed by atoms with Crippen LogP contribution in [0.15, 0.2) is 77.7 Å². The number of hydrogen-bond donors (Lipinski definition) is 1. The molecule has 30 heavy (non-hydrogen) atoms. The Morgan fingerprint density at radius 1 is 1.07 bits per heavy atom. The number of aromatic hydroxyl groups is 1. The van der Waals surface area contributed by atoms with Crippen LogP contribution in [0.4, 0.5) is 5.69 Å². The Balaban J connectivity index is 1.89. The first-order valence-electron chi connectivity index (χ1n) is 9.02. The summed E-state index contributed by atoms with van der Waals surface area (Å²) in [6.45, 7) is 0. The van der Waals surface area contributed by atoms with Crippen LogP contribution in [0.2, 0.25) is 0 Å². The van der Waals surface area contributed by atoms with Crippen molar-refractivity contribution in [1.82, 2.24) is 9.55 Å². The molecule has 0 aliphatic rings. The lowest BCUT2D eigenvalue weighted by Gasteiger charge is -2.13. The van der Waals surface area contributed by atoms with E-state index in [9.17, 15) is 24.8 Å². The van der Waals surface area contributed by atoms with Crippen molar-refractivity contribution in [2.45, 2.75) is 6.42 Å². The zero-order chi connectivity index (χ0) is 21.3. The third-order valence-corrected chi connectivity index (χ3v) is 4.69. The van der Waals surface area contributed by atoms with Crippen LogP contribution in [0, 0.1) is 10.1 Å². The Morgan fingerprint density at radius 3 is 2.57 bits per heavy atom. The SMILES string of the molecule is O=C(Cc1cccc([N+](=O)[O-])c1)c1c(O)c2cccnc2n(-c2ccccc2)c1=O. The fourth-order valence-corrected chi connectivity index (χ4v) is 3.33. The molecule has 0 aliphatic carbocycles. The van der Waals surface area contributed by atoms with E-state index in [1.165, 1.54) is 29.0 Å². The molecule has 2 heterocycles. The van der Waals surface area contributed by atoms with Gasteiger partial charge in [0.25, 0.3) is 11.2 Å². The number of ketones is 1. The van der Waals surface area contributed by atoms with Crippen molar-refractivity contribution >= 4 is 22.5 Å². The first-order valence-corrected chi connectivity index (χ1v) is 9.02. The molecule has 4 aromatic rings. The molecule has 0 saturated heterocycles. The van der Waals surface area contributed by atoms with E-state index in [-0.39, 0.29) is 28.7 Å². The molecule has 0 atom stereocenters. The van der Waals surface area contributed by atoms with Crippen LogP contribution in [0.5, 0.6) is 5.75 Å². The normalized spacial score (nSPS) is 10.8. The number of nitro groups is 1. The quantitative estimate of drug-likeness (QED) is 0.311. The van der Waals surface area contributed by atoms with E-state index in [2.05, 4.69) is 4.98 Å². The maximum Gasteiger partial charge on any atom is 0.271 e. The van der Waals surface area contributed by atoms with Gasteiger partial charge in [0.05, 0.1) is 16.0 Å². The van der Waals surface area contributed by atoms with Crippen molar-refractivity contribution in [3.05, 3.63) is 105 Å². The Hall–Kier alpha value is -4.33. The van der Waals surface area contributed by atoms with E-state index in [0.717, 1.165) is 0 Å². The van der Waals surface area contributed by atoms with Crippen LogP contribution in [-0.4, -0.2) is 25.4 Å². The van der Waals surface area contributed by atoms with Gasteiger partial charge in [0.1, 0.15) is 11.3 Å². The van der Waals surface area contributed by atoms with Crippen LogP contribution in [0.25, 0.3) is 16.7 Å². The van der Waals surface area contributed by atoms with E-state index in [1.807, 2.05) is 0 Å². The molecule has 1 N–H and O–H groups in total. The van der Waals surface area contributed by atoms with Gasteiger partial charge in [-0.05, 0) is 29.8 Å². The van der Waals surface area contributed by atoms with Gasteiger partial charge in [-0.15, -0.1) is 0 Å². The summed E-state index contributed by atoms with van der Waals surface area (Å²) < 4.78 is 1.27. The highest BCUT2D eigenvalue weighted by Crippen LogP contribution is 2.27. The van der Waals surface area contributed by atoms with Crippen LogP contribution in [0.3, 0.4) is 0 Å². The summed E-state index contributed by atoms with van der Waals surface area (Å²) in [5.74, 6) is -1.10. The number of Topliss-reactive ketones (excluding diaryl/α,β-unsaturated/α-hetero) is 1. The van der Waals surface area contributed by atoms with Gasteiger partial charge in [0, 0.05) is 24.8 Å². The van der Waals surface area contributed by atoms with Crippen LogP contribution in [-0.2, 0) is 6.42 Å². The minimum absolute atomic E-state index is 0.158. The van der Waals surface area contributed by atoms with E-state index in [4.69, 9.17) is 0 Å². The largest absolute Gasteiger partial charge is 0.506 e. The molecule has 0 amide bonds. The molecule has 0 saturated carbocycles. The van der Waals surface area contributed by atoms with Crippen LogP contribution >= 0.6 is 0 Å². The van der Waals surface area contributed by atoms with Crippen molar-refractivity contribution in [3.8, 4) is 11.4 Å². The lowest BCUT2D eigenvalue weighted by atomic mass is 10.0. The highest BCUT2D eigenvalue weighted by molar-refractivity contribution is 6.04. The number of fused-ring (bicyclic) bond motifs is 1.